The highest BCUT2D eigenvalue weighted by molar-refractivity contribution is 6.38. The van der Waals surface area contributed by atoms with E-state index in [-0.39, 0.29) is 11.5 Å². The lowest BCUT2D eigenvalue weighted by Gasteiger charge is -2.06. The molecule has 3 nitrogen and oxygen atoms in total. The van der Waals surface area contributed by atoms with Gasteiger partial charge in [0.15, 0.2) is 5.78 Å². The smallest absolute Gasteiger partial charge is 0.176 e. The molecule has 0 aliphatic carbocycles. The Labute approximate surface area is 131 Å². The minimum atomic E-state index is -0.0855. The summed E-state index contributed by atoms with van der Waals surface area (Å²) in [6, 6.07) is 15.3. The van der Waals surface area contributed by atoms with Gasteiger partial charge >= 0.3 is 0 Å². The van der Waals surface area contributed by atoms with Crippen LogP contribution < -0.4 is 0 Å². The van der Waals surface area contributed by atoms with Gasteiger partial charge in [-0.2, -0.15) is 0 Å². The molecule has 3 heteroatoms. The molecule has 2 rings (SSSR count). The second kappa shape index (κ2) is 8.03. The number of hydrogen-bond donors (Lipinski definition) is 1. The van der Waals surface area contributed by atoms with E-state index in [0.717, 1.165) is 23.3 Å². The third-order valence-electron chi connectivity index (χ3n) is 3.47. The van der Waals surface area contributed by atoms with Gasteiger partial charge in [-0.15, -0.1) is 0 Å². The maximum absolute atomic E-state index is 12.0. The Morgan fingerprint density at radius 1 is 1.05 bits per heavy atom. The number of nitrogens with zero attached hydrogens (tertiary/aromatic N) is 1. The Balaban J connectivity index is 1.76. The number of rotatable bonds is 8. The first-order chi connectivity index (χ1) is 10.7. The van der Waals surface area contributed by atoms with Crippen molar-refractivity contribution >= 4 is 17.1 Å². The molecule has 1 aromatic carbocycles. The number of hydrogen-bond acceptors (Lipinski definition) is 3. The summed E-state index contributed by atoms with van der Waals surface area (Å²) in [5, 5.41) is 7.90. The molecule has 0 saturated carbocycles. The van der Waals surface area contributed by atoms with Crippen molar-refractivity contribution in [2.75, 3.05) is 0 Å². The molecule has 0 radical (unpaired) electrons. The number of allylic oxidation sites excluding steroid dienone is 1. The van der Waals surface area contributed by atoms with Gasteiger partial charge in [0.1, 0.15) is 0 Å². The average molecular weight is 292 g/mol. The summed E-state index contributed by atoms with van der Waals surface area (Å²) in [5.74, 6) is -0.0855. The van der Waals surface area contributed by atoms with Crippen molar-refractivity contribution in [3.05, 3.63) is 72.6 Å². The molecule has 0 aliphatic rings. The molecule has 0 spiro atoms. The van der Waals surface area contributed by atoms with Gasteiger partial charge < -0.3 is 5.41 Å². The van der Waals surface area contributed by atoms with E-state index in [1.165, 1.54) is 0 Å². The highest BCUT2D eigenvalue weighted by Crippen LogP contribution is 2.16. The van der Waals surface area contributed by atoms with Crippen molar-refractivity contribution in [1.29, 1.82) is 5.41 Å². The molecule has 0 bridgehead atoms. The summed E-state index contributed by atoms with van der Waals surface area (Å²) in [6.07, 6.45) is 3.95. The van der Waals surface area contributed by atoms with Crippen molar-refractivity contribution in [1.82, 2.24) is 4.98 Å². The zero-order valence-corrected chi connectivity index (χ0v) is 12.6. The summed E-state index contributed by atoms with van der Waals surface area (Å²) in [4.78, 5) is 16.2. The van der Waals surface area contributed by atoms with E-state index < -0.39 is 0 Å². The fraction of sp³-hybridized carbons (Fsp3) is 0.211. The van der Waals surface area contributed by atoms with E-state index in [0.29, 0.717) is 19.3 Å². The maximum atomic E-state index is 12.0. The van der Waals surface area contributed by atoms with Crippen LogP contribution in [0.1, 0.15) is 30.5 Å². The first-order valence-corrected chi connectivity index (χ1v) is 7.40. The van der Waals surface area contributed by atoms with Crippen LogP contribution in [0, 0.1) is 5.41 Å². The second-order valence-electron chi connectivity index (χ2n) is 5.24. The standard InChI is InChI=1S/C19H20N2O/c1-15(18-11-5-6-13-21-18)8-7-12-19(22)17(20)14-16-9-3-2-4-10-16/h2-6,9-11,13,20H,1,7-8,12,14H2. The van der Waals surface area contributed by atoms with Gasteiger partial charge in [0.25, 0.3) is 0 Å². The van der Waals surface area contributed by atoms with Gasteiger partial charge in [-0.1, -0.05) is 43.0 Å². The summed E-state index contributed by atoms with van der Waals surface area (Å²) in [6.45, 7) is 4.01. The molecule has 2 aromatic rings. The van der Waals surface area contributed by atoms with Gasteiger partial charge in [-0.05, 0) is 36.1 Å². The molecule has 0 fully saturated rings. The molecule has 0 unspecified atom stereocenters. The zero-order valence-electron chi connectivity index (χ0n) is 12.6. The first kappa shape index (κ1) is 15.8. The predicted molar refractivity (Wildman–Crippen MR) is 90.0 cm³/mol. The van der Waals surface area contributed by atoms with Crippen LogP contribution in [-0.2, 0) is 11.2 Å². The second-order valence-corrected chi connectivity index (χ2v) is 5.24. The topological polar surface area (TPSA) is 53.8 Å². The number of benzene rings is 1. The van der Waals surface area contributed by atoms with Crippen molar-refractivity contribution < 1.29 is 4.79 Å². The third-order valence-corrected chi connectivity index (χ3v) is 3.47. The molecular weight excluding hydrogens is 272 g/mol. The fourth-order valence-corrected chi connectivity index (χ4v) is 2.21. The summed E-state index contributed by atoms with van der Waals surface area (Å²) >= 11 is 0. The molecule has 22 heavy (non-hydrogen) atoms. The molecule has 0 amide bonds. The highest BCUT2D eigenvalue weighted by atomic mass is 16.1. The number of nitrogens with one attached hydrogen (secondary N) is 1. The molecule has 1 N–H and O–H groups in total. The Bertz CT molecular complexity index is 648. The van der Waals surface area contributed by atoms with Gasteiger partial charge in [0, 0.05) is 19.0 Å². The lowest BCUT2D eigenvalue weighted by molar-refractivity contribution is -0.113. The van der Waals surface area contributed by atoms with Crippen molar-refractivity contribution in [2.24, 2.45) is 0 Å². The van der Waals surface area contributed by atoms with E-state index in [9.17, 15) is 4.79 Å². The van der Waals surface area contributed by atoms with Crippen LogP contribution in [-0.4, -0.2) is 16.5 Å². The summed E-state index contributed by atoms with van der Waals surface area (Å²) < 4.78 is 0. The Kier molecular flexibility index (Phi) is 5.78. The molecule has 112 valence electrons. The van der Waals surface area contributed by atoms with Crippen LogP contribution in [0.25, 0.3) is 5.57 Å². The first-order valence-electron chi connectivity index (χ1n) is 7.40. The lowest BCUT2D eigenvalue weighted by Crippen LogP contribution is -2.15. The number of ketones is 1. The van der Waals surface area contributed by atoms with Crippen LogP contribution in [0.15, 0.2) is 61.3 Å². The number of carbonyl (C=O) groups is 1. The molecular formula is C19H20N2O. The third kappa shape index (κ3) is 4.77. The quantitative estimate of drug-likeness (QED) is 0.745. The van der Waals surface area contributed by atoms with E-state index in [2.05, 4.69) is 11.6 Å². The summed E-state index contributed by atoms with van der Waals surface area (Å²) in [5.41, 5.74) is 2.98. The van der Waals surface area contributed by atoms with Crippen LogP contribution >= 0.6 is 0 Å². The Morgan fingerprint density at radius 3 is 2.45 bits per heavy atom. The van der Waals surface area contributed by atoms with Crippen LogP contribution in [0.2, 0.25) is 0 Å². The van der Waals surface area contributed by atoms with E-state index in [1.54, 1.807) is 6.20 Å². The lowest BCUT2D eigenvalue weighted by atomic mass is 10.00. The Morgan fingerprint density at radius 2 is 1.77 bits per heavy atom. The minimum absolute atomic E-state index is 0.0855. The van der Waals surface area contributed by atoms with Gasteiger partial charge in [-0.3, -0.25) is 9.78 Å². The van der Waals surface area contributed by atoms with E-state index in [1.807, 2.05) is 48.5 Å². The summed E-state index contributed by atoms with van der Waals surface area (Å²) in [7, 11) is 0. The molecule has 0 atom stereocenters. The molecule has 0 saturated heterocycles. The maximum Gasteiger partial charge on any atom is 0.176 e. The SMILES string of the molecule is C=C(CCCC(=O)C(=N)Cc1ccccc1)c1ccccn1. The molecule has 1 heterocycles. The molecule has 1 aromatic heterocycles. The van der Waals surface area contributed by atoms with Crippen molar-refractivity contribution in [3.63, 3.8) is 0 Å². The normalized spacial score (nSPS) is 10.2. The van der Waals surface area contributed by atoms with Crippen LogP contribution in [0.3, 0.4) is 0 Å². The van der Waals surface area contributed by atoms with E-state index >= 15 is 0 Å². The number of Topliss-reactive ketones (excluding diaryl/α,β-unsaturated/α-hetero) is 1. The van der Waals surface area contributed by atoms with Gasteiger partial charge in [-0.25, -0.2) is 0 Å². The van der Waals surface area contributed by atoms with Crippen LogP contribution in [0.5, 0.6) is 0 Å². The monoisotopic (exact) mass is 292 g/mol. The fourth-order valence-electron chi connectivity index (χ4n) is 2.21. The molecule has 0 aliphatic heterocycles. The Hall–Kier alpha value is -2.55. The predicted octanol–water partition coefficient (Wildman–Crippen LogP) is 4.10. The largest absolute Gasteiger partial charge is 0.301 e. The van der Waals surface area contributed by atoms with Gasteiger partial charge in [0.2, 0.25) is 0 Å². The highest BCUT2D eigenvalue weighted by Gasteiger charge is 2.10. The van der Waals surface area contributed by atoms with Crippen molar-refractivity contribution in [3.8, 4) is 0 Å². The minimum Gasteiger partial charge on any atom is -0.301 e. The number of carbonyl (C=O) groups excluding carboxylic acids is 1. The average Bonchev–Trinajstić information content (AvgIpc) is 2.56. The van der Waals surface area contributed by atoms with Crippen LogP contribution in [0.4, 0.5) is 0 Å². The van der Waals surface area contributed by atoms with Gasteiger partial charge in [0.05, 0.1) is 11.4 Å². The zero-order chi connectivity index (χ0) is 15.8. The number of pyridine rings is 1. The number of aromatic nitrogens is 1. The van der Waals surface area contributed by atoms with Crippen molar-refractivity contribution in [2.45, 2.75) is 25.7 Å². The van der Waals surface area contributed by atoms with E-state index in [4.69, 9.17) is 5.41 Å².